The van der Waals surface area contributed by atoms with Crippen molar-refractivity contribution in [2.45, 2.75) is 11.4 Å². The number of nitrogens with zero attached hydrogens (tertiary/aromatic N) is 2. The predicted octanol–water partition coefficient (Wildman–Crippen LogP) is 2.67. The number of aromatic nitrogens is 1. The average molecular weight is 371 g/mol. The minimum atomic E-state index is -3.64. The summed E-state index contributed by atoms with van der Waals surface area (Å²) in [6.45, 7) is 0.264. The van der Waals surface area contributed by atoms with Crippen LogP contribution in [0.15, 0.2) is 52.1 Å². The monoisotopic (exact) mass is 370 g/mol. The first-order valence-corrected chi connectivity index (χ1v) is 8.37. The van der Waals surface area contributed by atoms with Gasteiger partial charge in [0, 0.05) is 30.5 Å². The van der Waals surface area contributed by atoms with Crippen LogP contribution >= 0.6 is 15.9 Å². The van der Waals surface area contributed by atoms with Gasteiger partial charge in [-0.2, -0.15) is 4.31 Å². The first-order valence-electron chi connectivity index (χ1n) is 6.14. The highest BCUT2D eigenvalue weighted by Crippen LogP contribution is 2.29. The number of hydrogen-bond donors (Lipinski definition) is 0. The van der Waals surface area contributed by atoms with E-state index in [0.29, 0.717) is 10.2 Å². The van der Waals surface area contributed by atoms with Crippen molar-refractivity contribution in [3.05, 3.63) is 52.8 Å². The number of benzene rings is 1. The zero-order chi connectivity index (χ0) is 15.5. The van der Waals surface area contributed by atoms with Crippen molar-refractivity contribution < 1.29 is 13.2 Å². The fourth-order valence-electron chi connectivity index (χ4n) is 1.85. The molecule has 0 unspecified atom stereocenters. The lowest BCUT2D eigenvalue weighted by atomic mass is 10.3. The molecule has 7 heteroatoms. The minimum Gasteiger partial charge on any atom is -0.495 e. The third kappa shape index (κ3) is 3.61. The van der Waals surface area contributed by atoms with Crippen LogP contribution in [0.3, 0.4) is 0 Å². The van der Waals surface area contributed by atoms with Gasteiger partial charge in [0.25, 0.3) is 0 Å². The van der Waals surface area contributed by atoms with E-state index in [9.17, 15) is 8.42 Å². The van der Waals surface area contributed by atoms with Crippen molar-refractivity contribution in [2.24, 2.45) is 0 Å². The van der Waals surface area contributed by atoms with Gasteiger partial charge in [0.15, 0.2) is 0 Å². The lowest BCUT2D eigenvalue weighted by Gasteiger charge is -2.19. The first kappa shape index (κ1) is 15.9. The van der Waals surface area contributed by atoms with E-state index in [2.05, 4.69) is 20.9 Å². The number of halogens is 1. The number of hydrogen-bond acceptors (Lipinski definition) is 4. The SMILES string of the molecule is COc1ccc(Br)cc1S(=O)(=O)N(C)Cc1ccncc1. The van der Waals surface area contributed by atoms with Gasteiger partial charge >= 0.3 is 0 Å². The summed E-state index contributed by atoms with van der Waals surface area (Å²) in [4.78, 5) is 4.05. The van der Waals surface area contributed by atoms with Crippen LogP contribution in [0.25, 0.3) is 0 Å². The molecule has 0 N–H and O–H groups in total. The zero-order valence-electron chi connectivity index (χ0n) is 11.7. The van der Waals surface area contributed by atoms with Crippen molar-refractivity contribution in [3.63, 3.8) is 0 Å². The maximum Gasteiger partial charge on any atom is 0.246 e. The Morgan fingerprint density at radius 3 is 2.52 bits per heavy atom. The van der Waals surface area contributed by atoms with Gasteiger partial charge in [-0.15, -0.1) is 0 Å². The Bertz CT molecular complexity index is 720. The van der Waals surface area contributed by atoms with Gasteiger partial charge in [0.1, 0.15) is 10.6 Å². The van der Waals surface area contributed by atoms with E-state index in [1.54, 1.807) is 36.7 Å². The summed E-state index contributed by atoms with van der Waals surface area (Å²) in [7, 11) is -0.657. The number of rotatable bonds is 5. The van der Waals surface area contributed by atoms with Crippen LogP contribution < -0.4 is 4.74 Å². The molecule has 0 saturated carbocycles. The van der Waals surface area contributed by atoms with Crippen molar-refractivity contribution in [1.82, 2.24) is 9.29 Å². The van der Waals surface area contributed by atoms with Crippen LogP contribution in [-0.2, 0) is 16.6 Å². The number of ether oxygens (including phenoxy) is 1. The molecule has 0 bridgehead atoms. The fourth-order valence-corrected chi connectivity index (χ4v) is 3.70. The third-order valence-electron chi connectivity index (χ3n) is 2.97. The van der Waals surface area contributed by atoms with E-state index < -0.39 is 10.0 Å². The standard InChI is InChI=1S/C14H15BrN2O3S/c1-17(10-11-5-7-16-8-6-11)21(18,19)14-9-12(15)3-4-13(14)20-2/h3-9H,10H2,1-2H3. The number of sulfonamides is 1. The summed E-state index contributed by atoms with van der Waals surface area (Å²) in [5.74, 6) is 0.319. The molecule has 0 radical (unpaired) electrons. The van der Waals surface area contributed by atoms with Crippen LogP contribution in [0.2, 0.25) is 0 Å². The van der Waals surface area contributed by atoms with Gasteiger partial charge in [-0.1, -0.05) is 15.9 Å². The Morgan fingerprint density at radius 1 is 1.24 bits per heavy atom. The molecule has 0 atom stereocenters. The molecule has 0 amide bonds. The maximum absolute atomic E-state index is 12.7. The number of pyridine rings is 1. The molecule has 0 spiro atoms. The van der Waals surface area contributed by atoms with E-state index in [1.165, 1.54) is 24.5 Å². The van der Waals surface area contributed by atoms with E-state index in [1.807, 2.05) is 0 Å². The largest absolute Gasteiger partial charge is 0.495 e. The number of methoxy groups -OCH3 is 1. The molecule has 112 valence electrons. The molecular weight excluding hydrogens is 356 g/mol. The van der Waals surface area contributed by atoms with E-state index in [-0.39, 0.29) is 11.4 Å². The van der Waals surface area contributed by atoms with Crippen molar-refractivity contribution in [2.75, 3.05) is 14.2 Å². The van der Waals surface area contributed by atoms with Crippen LogP contribution in [0.5, 0.6) is 5.75 Å². The van der Waals surface area contributed by atoms with Crippen LogP contribution in [0.4, 0.5) is 0 Å². The second kappa shape index (κ2) is 6.55. The van der Waals surface area contributed by atoms with E-state index >= 15 is 0 Å². The Hall–Kier alpha value is -1.44. The fraction of sp³-hybridized carbons (Fsp3) is 0.214. The van der Waals surface area contributed by atoms with Gasteiger partial charge in [-0.25, -0.2) is 8.42 Å². The van der Waals surface area contributed by atoms with Crippen molar-refractivity contribution in [3.8, 4) is 5.75 Å². The van der Waals surface area contributed by atoms with Gasteiger partial charge in [0.2, 0.25) is 10.0 Å². The first-order chi connectivity index (χ1) is 9.95. The van der Waals surface area contributed by atoms with E-state index in [4.69, 9.17) is 4.74 Å². The van der Waals surface area contributed by atoms with Gasteiger partial charge in [-0.05, 0) is 35.9 Å². The smallest absolute Gasteiger partial charge is 0.246 e. The molecule has 0 saturated heterocycles. The molecule has 1 aromatic carbocycles. The average Bonchev–Trinajstić information content (AvgIpc) is 2.48. The Balaban J connectivity index is 2.35. The highest BCUT2D eigenvalue weighted by molar-refractivity contribution is 9.10. The normalized spacial score (nSPS) is 11.6. The lowest BCUT2D eigenvalue weighted by molar-refractivity contribution is 0.397. The van der Waals surface area contributed by atoms with Crippen molar-refractivity contribution in [1.29, 1.82) is 0 Å². The molecule has 1 heterocycles. The zero-order valence-corrected chi connectivity index (χ0v) is 14.1. The molecule has 2 aromatic rings. The summed E-state index contributed by atoms with van der Waals surface area (Å²) in [5, 5.41) is 0. The summed E-state index contributed by atoms with van der Waals surface area (Å²) in [5.41, 5.74) is 0.866. The lowest BCUT2D eigenvalue weighted by Crippen LogP contribution is -2.27. The quantitative estimate of drug-likeness (QED) is 0.811. The Morgan fingerprint density at radius 2 is 1.90 bits per heavy atom. The highest BCUT2D eigenvalue weighted by atomic mass is 79.9. The minimum absolute atomic E-state index is 0.135. The third-order valence-corrected chi connectivity index (χ3v) is 5.29. The summed E-state index contributed by atoms with van der Waals surface area (Å²) in [6, 6.07) is 8.46. The second-order valence-electron chi connectivity index (χ2n) is 4.41. The molecule has 2 rings (SSSR count). The molecule has 0 aliphatic carbocycles. The molecular formula is C14H15BrN2O3S. The topological polar surface area (TPSA) is 59.5 Å². The maximum atomic E-state index is 12.7. The predicted molar refractivity (Wildman–Crippen MR) is 83.6 cm³/mol. The second-order valence-corrected chi connectivity index (χ2v) is 7.34. The molecule has 1 aromatic heterocycles. The summed E-state index contributed by atoms with van der Waals surface area (Å²) in [6.07, 6.45) is 3.27. The summed E-state index contributed by atoms with van der Waals surface area (Å²) >= 11 is 3.29. The van der Waals surface area contributed by atoms with Gasteiger partial charge < -0.3 is 4.74 Å². The molecule has 0 aliphatic rings. The van der Waals surface area contributed by atoms with E-state index in [0.717, 1.165) is 5.56 Å². The van der Waals surface area contributed by atoms with Gasteiger partial charge in [-0.3, -0.25) is 4.98 Å². The van der Waals surface area contributed by atoms with Crippen molar-refractivity contribution >= 4 is 26.0 Å². The van der Waals surface area contributed by atoms with Gasteiger partial charge in [0.05, 0.1) is 7.11 Å². The summed E-state index contributed by atoms with van der Waals surface area (Å²) < 4.78 is 32.5. The highest BCUT2D eigenvalue weighted by Gasteiger charge is 2.25. The Labute approximate surface area is 132 Å². The molecule has 0 aliphatic heterocycles. The molecule has 21 heavy (non-hydrogen) atoms. The van der Waals surface area contributed by atoms with Crippen LogP contribution in [-0.4, -0.2) is 31.9 Å². The molecule has 5 nitrogen and oxygen atoms in total. The van der Waals surface area contributed by atoms with Crippen LogP contribution in [0, 0.1) is 0 Å². The van der Waals surface area contributed by atoms with Crippen LogP contribution in [0.1, 0.15) is 5.56 Å². The molecule has 0 fully saturated rings. The Kier molecular flexibility index (Phi) is 4.97.